The average molecular weight is 494 g/mol. The molecule has 2 rings (SSSR count). The van der Waals surface area contributed by atoms with Crippen molar-refractivity contribution in [3.8, 4) is 0 Å². The van der Waals surface area contributed by atoms with Crippen LogP contribution in [0.1, 0.15) is 37.3 Å². The first-order valence-electron chi connectivity index (χ1n) is 10.9. The molecule has 0 saturated heterocycles. The van der Waals surface area contributed by atoms with Gasteiger partial charge in [0, 0.05) is 31.6 Å². The van der Waals surface area contributed by atoms with E-state index in [1.807, 2.05) is 32.0 Å². The van der Waals surface area contributed by atoms with E-state index >= 15 is 0 Å². The first-order valence-corrected chi connectivity index (χ1v) is 13.1. The van der Waals surface area contributed by atoms with Gasteiger partial charge >= 0.3 is 0 Å². The number of hydrogen-bond donors (Lipinski definition) is 1. The molecule has 33 heavy (non-hydrogen) atoms. The van der Waals surface area contributed by atoms with Gasteiger partial charge in [-0.25, -0.2) is 8.42 Å². The molecule has 0 aliphatic heterocycles. The monoisotopic (exact) mass is 493 g/mol. The Morgan fingerprint density at radius 2 is 1.79 bits per heavy atom. The van der Waals surface area contributed by atoms with Gasteiger partial charge in [0.2, 0.25) is 21.8 Å². The Morgan fingerprint density at radius 1 is 1.12 bits per heavy atom. The van der Waals surface area contributed by atoms with Crippen LogP contribution in [-0.4, -0.2) is 51.0 Å². The number of amides is 2. The van der Waals surface area contributed by atoms with E-state index in [9.17, 15) is 18.0 Å². The fourth-order valence-electron chi connectivity index (χ4n) is 3.66. The maximum Gasteiger partial charge on any atom is 0.242 e. The van der Waals surface area contributed by atoms with Crippen molar-refractivity contribution in [2.24, 2.45) is 0 Å². The largest absolute Gasteiger partial charge is 0.357 e. The van der Waals surface area contributed by atoms with Crippen molar-refractivity contribution in [2.75, 3.05) is 24.2 Å². The second-order valence-corrected chi connectivity index (χ2v) is 10.3. The molecule has 9 heteroatoms. The van der Waals surface area contributed by atoms with Gasteiger partial charge in [-0.2, -0.15) is 0 Å². The lowest BCUT2D eigenvalue weighted by Gasteiger charge is -2.30. The first-order chi connectivity index (χ1) is 15.6. The van der Waals surface area contributed by atoms with Gasteiger partial charge in [0.25, 0.3) is 0 Å². The lowest BCUT2D eigenvalue weighted by atomic mass is 10.1. The molecule has 0 unspecified atom stereocenters. The number of benzene rings is 2. The maximum atomic E-state index is 13.2. The molecule has 180 valence electrons. The number of aryl methyl sites for hydroxylation is 1. The average Bonchev–Trinajstić information content (AvgIpc) is 2.76. The van der Waals surface area contributed by atoms with Crippen LogP contribution in [0.4, 0.5) is 5.69 Å². The Balaban J connectivity index is 2.18. The highest BCUT2D eigenvalue weighted by Crippen LogP contribution is 2.21. The fourth-order valence-corrected chi connectivity index (χ4v) is 4.74. The topological polar surface area (TPSA) is 86.8 Å². The molecule has 2 aromatic carbocycles. The van der Waals surface area contributed by atoms with Crippen LogP contribution >= 0.6 is 11.6 Å². The zero-order valence-electron chi connectivity index (χ0n) is 19.5. The van der Waals surface area contributed by atoms with Gasteiger partial charge in [-0.15, -0.1) is 0 Å². The Labute approximate surface area is 201 Å². The third kappa shape index (κ3) is 7.75. The summed E-state index contributed by atoms with van der Waals surface area (Å²) in [4.78, 5) is 27.2. The number of carbonyl (C=O) groups excluding carboxylic acids is 2. The van der Waals surface area contributed by atoms with E-state index in [1.165, 1.54) is 4.31 Å². The van der Waals surface area contributed by atoms with E-state index in [2.05, 4.69) is 5.32 Å². The number of carbonyl (C=O) groups is 2. The number of sulfonamides is 1. The summed E-state index contributed by atoms with van der Waals surface area (Å²) >= 11 is 5.97. The van der Waals surface area contributed by atoms with Crippen LogP contribution < -0.4 is 9.62 Å². The Hall–Kier alpha value is -2.58. The second kappa shape index (κ2) is 12.0. The lowest BCUT2D eigenvalue weighted by molar-refractivity contribution is -0.141. The molecule has 1 atom stereocenters. The Morgan fingerprint density at radius 3 is 2.33 bits per heavy atom. The zero-order chi connectivity index (χ0) is 24.6. The third-order valence-corrected chi connectivity index (χ3v) is 6.79. The Kier molecular flexibility index (Phi) is 9.73. The standard InChI is InChI=1S/C24H32ClN3O4S/c1-5-22(24(30)26-3)27(17-19-11-13-20(25)14-12-19)23(29)10-7-15-28(33(4,31)32)21-9-6-8-18(2)16-21/h6,8-9,11-14,16,22H,5,7,10,15,17H2,1-4H3,(H,26,30)/t22-/m1/s1. The molecule has 2 aromatic rings. The van der Waals surface area contributed by atoms with Crippen molar-refractivity contribution in [1.82, 2.24) is 10.2 Å². The van der Waals surface area contributed by atoms with Gasteiger partial charge in [-0.1, -0.05) is 42.8 Å². The summed E-state index contributed by atoms with van der Waals surface area (Å²) in [6, 6.07) is 13.7. The summed E-state index contributed by atoms with van der Waals surface area (Å²) in [5, 5.41) is 3.22. The molecule has 0 fully saturated rings. The Bertz CT molecular complexity index is 1060. The van der Waals surface area contributed by atoms with Crippen molar-refractivity contribution in [2.45, 2.75) is 45.7 Å². The second-order valence-electron chi connectivity index (χ2n) is 7.96. The molecule has 1 N–H and O–H groups in total. The van der Waals surface area contributed by atoms with E-state index in [0.717, 1.165) is 17.4 Å². The molecule has 7 nitrogen and oxygen atoms in total. The SMILES string of the molecule is CC[C@H](C(=O)NC)N(Cc1ccc(Cl)cc1)C(=O)CCCN(c1cccc(C)c1)S(C)(=O)=O. The predicted octanol–water partition coefficient (Wildman–Crippen LogP) is 3.75. The van der Waals surface area contributed by atoms with E-state index in [0.29, 0.717) is 23.6 Å². The quantitative estimate of drug-likeness (QED) is 0.516. The number of nitrogens with one attached hydrogen (secondary N) is 1. The van der Waals surface area contributed by atoms with Crippen LogP contribution in [0.25, 0.3) is 0 Å². The first kappa shape index (κ1) is 26.7. The molecule has 0 heterocycles. The smallest absolute Gasteiger partial charge is 0.242 e. The van der Waals surface area contributed by atoms with Gasteiger partial charge in [0.15, 0.2) is 0 Å². The van der Waals surface area contributed by atoms with Crippen LogP contribution in [-0.2, 0) is 26.2 Å². The number of rotatable bonds is 11. The minimum Gasteiger partial charge on any atom is -0.357 e. The van der Waals surface area contributed by atoms with Crippen molar-refractivity contribution < 1.29 is 18.0 Å². The number of halogens is 1. The predicted molar refractivity (Wildman–Crippen MR) is 133 cm³/mol. The normalized spacial score (nSPS) is 12.2. The van der Waals surface area contributed by atoms with E-state index in [4.69, 9.17) is 11.6 Å². The summed E-state index contributed by atoms with van der Waals surface area (Å²) in [6.07, 6.45) is 2.04. The van der Waals surface area contributed by atoms with Crippen molar-refractivity contribution in [3.63, 3.8) is 0 Å². The molecule has 0 bridgehead atoms. The number of hydrogen-bond acceptors (Lipinski definition) is 4. The van der Waals surface area contributed by atoms with Gasteiger partial charge in [0.05, 0.1) is 11.9 Å². The molecule has 0 aromatic heterocycles. The van der Waals surface area contributed by atoms with Crippen molar-refractivity contribution in [1.29, 1.82) is 0 Å². The van der Waals surface area contributed by atoms with Crippen LogP contribution in [0.2, 0.25) is 5.02 Å². The molecule has 0 radical (unpaired) electrons. The minimum atomic E-state index is -3.51. The number of likely N-dealkylation sites (N-methyl/N-ethyl adjacent to an activating group) is 1. The van der Waals surface area contributed by atoms with E-state index < -0.39 is 16.1 Å². The molecule has 0 spiro atoms. The van der Waals surface area contributed by atoms with Gasteiger partial charge in [-0.05, 0) is 55.2 Å². The van der Waals surface area contributed by atoms with Crippen molar-refractivity contribution >= 4 is 39.1 Å². The summed E-state index contributed by atoms with van der Waals surface area (Å²) in [6.45, 7) is 4.17. The van der Waals surface area contributed by atoms with Crippen LogP contribution in [0, 0.1) is 6.92 Å². The molecular weight excluding hydrogens is 462 g/mol. The molecule has 0 saturated carbocycles. The highest BCUT2D eigenvalue weighted by molar-refractivity contribution is 7.92. The summed E-state index contributed by atoms with van der Waals surface area (Å²) in [5.74, 6) is -0.449. The highest BCUT2D eigenvalue weighted by atomic mass is 35.5. The molecule has 0 aliphatic rings. The van der Waals surface area contributed by atoms with Gasteiger partial charge in [-0.3, -0.25) is 13.9 Å². The van der Waals surface area contributed by atoms with Gasteiger partial charge < -0.3 is 10.2 Å². The van der Waals surface area contributed by atoms with Gasteiger partial charge in [0.1, 0.15) is 6.04 Å². The summed E-state index contributed by atoms with van der Waals surface area (Å²) in [5.41, 5.74) is 2.37. The maximum absolute atomic E-state index is 13.2. The number of nitrogens with zero attached hydrogens (tertiary/aromatic N) is 2. The number of anilines is 1. The highest BCUT2D eigenvalue weighted by Gasteiger charge is 2.28. The summed E-state index contributed by atoms with van der Waals surface area (Å²) < 4.78 is 26.1. The third-order valence-electron chi connectivity index (χ3n) is 5.34. The zero-order valence-corrected chi connectivity index (χ0v) is 21.1. The van der Waals surface area contributed by atoms with Crippen LogP contribution in [0.5, 0.6) is 0 Å². The lowest BCUT2D eigenvalue weighted by Crippen LogP contribution is -2.48. The summed E-state index contributed by atoms with van der Waals surface area (Å²) in [7, 11) is -1.97. The van der Waals surface area contributed by atoms with Crippen LogP contribution in [0.15, 0.2) is 48.5 Å². The minimum absolute atomic E-state index is 0.110. The molecule has 0 aliphatic carbocycles. The fraction of sp³-hybridized carbons (Fsp3) is 0.417. The van der Waals surface area contributed by atoms with Crippen LogP contribution in [0.3, 0.4) is 0 Å². The molecular formula is C24H32ClN3O4S. The molecule has 2 amide bonds. The van der Waals surface area contributed by atoms with Crippen molar-refractivity contribution in [3.05, 3.63) is 64.7 Å². The van der Waals surface area contributed by atoms with E-state index in [1.54, 1.807) is 42.3 Å². The van der Waals surface area contributed by atoms with E-state index in [-0.39, 0.29) is 31.3 Å².